The number of benzene rings is 3. The van der Waals surface area contributed by atoms with E-state index in [9.17, 15) is 8.78 Å². The summed E-state index contributed by atoms with van der Waals surface area (Å²) in [5.41, 5.74) is 1.76. The van der Waals surface area contributed by atoms with Crippen molar-refractivity contribution in [1.82, 2.24) is 0 Å². The van der Waals surface area contributed by atoms with Crippen molar-refractivity contribution in [2.75, 3.05) is 6.61 Å². The van der Waals surface area contributed by atoms with E-state index in [2.05, 4.69) is 12.8 Å². The molecule has 0 fully saturated rings. The third kappa shape index (κ3) is 6.12. The van der Waals surface area contributed by atoms with Gasteiger partial charge in [0.05, 0.1) is 12.0 Å². The van der Waals surface area contributed by atoms with Crippen LogP contribution in [0.2, 0.25) is 0 Å². The summed E-state index contributed by atoms with van der Waals surface area (Å²) in [6.45, 7) is 4.66. The molecule has 0 aliphatic rings. The lowest BCUT2D eigenvalue weighted by Crippen LogP contribution is -2.19. The SMILES string of the molecule is C#CC(C)(CCCc1ccc(F)c(Sc2ccc(F)cc2)c1)c1ccc(OCC)cc1. The maximum absolute atomic E-state index is 14.3. The summed E-state index contributed by atoms with van der Waals surface area (Å²) in [5, 5.41) is 0. The van der Waals surface area contributed by atoms with Crippen molar-refractivity contribution in [3.63, 3.8) is 0 Å². The van der Waals surface area contributed by atoms with E-state index in [4.69, 9.17) is 11.2 Å². The van der Waals surface area contributed by atoms with Gasteiger partial charge in [0, 0.05) is 9.79 Å². The molecular formula is C27H26F2OS. The van der Waals surface area contributed by atoms with Crippen molar-refractivity contribution in [2.45, 2.75) is 48.3 Å². The summed E-state index contributed by atoms with van der Waals surface area (Å²) in [7, 11) is 0. The fraction of sp³-hybridized carbons (Fsp3) is 0.259. The van der Waals surface area contributed by atoms with E-state index >= 15 is 0 Å². The minimum Gasteiger partial charge on any atom is -0.494 e. The van der Waals surface area contributed by atoms with Crippen LogP contribution in [0.3, 0.4) is 0 Å². The average Bonchev–Trinajstić information content (AvgIpc) is 2.78. The van der Waals surface area contributed by atoms with Gasteiger partial charge in [-0.15, -0.1) is 6.42 Å². The van der Waals surface area contributed by atoms with Crippen LogP contribution in [-0.4, -0.2) is 6.61 Å². The predicted molar refractivity (Wildman–Crippen MR) is 124 cm³/mol. The smallest absolute Gasteiger partial charge is 0.137 e. The Bertz CT molecular complexity index is 1040. The van der Waals surface area contributed by atoms with E-state index in [0.717, 1.165) is 41.0 Å². The summed E-state index contributed by atoms with van der Waals surface area (Å²) in [6.07, 6.45) is 8.38. The normalized spacial score (nSPS) is 12.7. The first-order valence-electron chi connectivity index (χ1n) is 10.4. The second-order valence-corrected chi connectivity index (χ2v) is 8.72. The number of halogens is 2. The lowest BCUT2D eigenvalue weighted by atomic mass is 9.78. The summed E-state index contributed by atoms with van der Waals surface area (Å²) in [4.78, 5) is 1.34. The van der Waals surface area contributed by atoms with Gasteiger partial charge in [0.1, 0.15) is 17.4 Å². The molecule has 0 N–H and O–H groups in total. The van der Waals surface area contributed by atoms with Gasteiger partial charge in [-0.3, -0.25) is 0 Å². The van der Waals surface area contributed by atoms with Crippen LogP contribution >= 0.6 is 11.8 Å². The molecule has 0 heterocycles. The molecule has 1 nitrogen and oxygen atoms in total. The Morgan fingerprint density at radius 2 is 1.71 bits per heavy atom. The molecule has 3 rings (SSSR count). The van der Waals surface area contributed by atoms with Crippen molar-refractivity contribution < 1.29 is 13.5 Å². The molecule has 0 aromatic heterocycles. The number of rotatable bonds is 9. The van der Waals surface area contributed by atoms with Crippen LogP contribution in [0.25, 0.3) is 0 Å². The maximum Gasteiger partial charge on any atom is 0.137 e. The fourth-order valence-corrected chi connectivity index (χ4v) is 4.34. The quantitative estimate of drug-likeness (QED) is 0.323. The first-order valence-corrected chi connectivity index (χ1v) is 11.2. The zero-order valence-electron chi connectivity index (χ0n) is 17.8. The molecule has 0 spiro atoms. The Morgan fingerprint density at radius 1 is 1.00 bits per heavy atom. The minimum absolute atomic E-state index is 0.277. The topological polar surface area (TPSA) is 9.23 Å². The molecule has 0 saturated carbocycles. The molecule has 0 radical (unpaired) electrons. The second kappa shape index (κ2) is 10.5. The van der Waals surface area contributed by atoms with Crippen molar-refractivity contribution in [3.8, 4) is 18.1 Å². The average molecular weight is 437 g/mol. The minimum atomic E-state index is -0.379. The van der Waals surface area contributed by atoms with Gasteiger partial charge in [-0.1, -0.05) is 35.9 Å². The zero-order chi connectivity index (χ0) is 22.3. The van der Waals surface area contributed by atoms with E-state index in [0.29, 0.717) is 11.5 Å². The monoisotopic (exact) mass is 436 g/mol. The molecule has 0 bridgehead atoms. The van der Waals surface area contributed by atoms with Crippen molar-refractivity contribution in [2.24, 2.45) is 0 Å². The van der Waals surface area contributed by atoms with E-state index in [1.165, 1.54) is 30.0 Å². The summed E-state index contributed by atoms with van der Waals surface area (Å²) in [5.74, 6) is 3.21. The Labute approximate surface area is 187 Å². The molecule has 1 unspecified atom stereocenters. The molecule has 0 amide bonds. The Kier molecular flexibility index (Phi) is 7.76. The Morgan fingerprint density at radius 3 is 2.35 bits per heavy atom. The molecule has 31 heavy (non-hydrogen) atoms. The molecule has 1 atom stereocenters. The lowest BCUT2D eigenvalue weighted by molar-refractivity contribution is 0.340. The van der Waals surface area contributed by atoms with Crippen molar-refractivity contribution in [1.29, 1.82) is 0 Å². The van der Waals surface area contributed by atoms with E-state index in [1.807, 2.05) is 43.3 Å². The van der Waals surface area contributed by atoms with Gasteiger partial charge in [-0.2, -0.15) is 0 Å². The van der Waals surface area contributed by atoms with Crippen LogP contribution < -0.4 is 4.74 Å². The second-order valence-electron chi connectivity index (χ2n) is 7.61. The third-order valence-electron chi connectivity index (χ3n) is 5.30. The highest BCUT2D eigenvalue weighted by molar-refractivity contribution is 7.99. The van der Waals surface area contributed by atoms with Gasteiger partial charge in [0.2, 0.25) is 0 Å². The van der Waals surface area contributed by atoms with Crippen LogP contribution in [0.5, 0.6) is 5.75 Å². The van der Waals surface area contributed by atoms with Gasteiger partial charge < -0.3 is 4.74 Å². The summed E-state index contributed by atoms with van der Waals surface area (Å²) >= 11 is 1.30. The molecule has 160 valence electrons. The van der Waals surface area contributed by atoms with Crippen LogP contribution in [0, 0.1) is 24.0 Å². The van der Waals surface area contributed by atoms with Crippen LogP contribution in [0.4, 0.5) is 8.78 Å². The van der Waals surface area contributed by atoms with Gasteiger partial charge in [0.15, 0.2) is 0 Å². The third-order valence-corrected chi connectivity index (χ3v) is 6.34. The number of ether oxygens (including phenoxy) is 1. The predicted octanol–water partition coefficient (Wildman–Crippen LogP) is 7.43. The van der Waals surface area contributed by atoms with E-state index < -0.39 is 0 Å². The summed E-state index contributed by atoms with van der Waals surface area (Å²) < 4.78 is 32.9. The first kappa shape index (κ1) is 22.9. The number of hydrogen-bond acceptors (Lipinski definition) is 2. The van der Waals surface area contributed by atoms with Gasteiger partial charge in [-0.05, 0) is 92.8 Å². The van der Waals surface area contributed by atoms with Crippen LogP contribution in [0.1, 0.15) is 37.8 Å². The Hall–Kier alpha value is -2.77. The standard InChI is InChI=1S/C27H26F2OS/c1-4-27(3,21-9-13-23(14-10-21)30-5-2)18-6-7-20-8-17-25(29)26(19-20)31-24-15-11-22(28)12-16-24/h1,8-17,19H,5-7,18H2,2-3H3. The molecule has 4 heteroatoms. The number of aryl methyl sites for hydroxylation is 1. The van der Waals surface area contributed by atoms with Gasteiger partial charge in [-0.25, -0.2) is 8.78 Å². The van der Waals surface area contributed by atoms with Crippen molar-refractivity contribution in [3.05, 3.63) is 89.5 Å². The van der Waals surface area contributed by atoms with Crippen LogP contribution in [-0.2, 0) is 11.8 Å². The molecule has 0 aliphatic heterocycles. The van der Waals surface area contributed by atoms with E-state index in [-0.39, 0.29) is 17.0 Å². The van der Waals surface area contributed by atoms with Crippen molar-refractivity contribution >= 4 is 11.8 Å². The number of terminal acetylenes is 1. The molecule has 3 aromatic rings. The Balaban J connectivity index is 1.64. The van der Waals surface area contributed by atoms with E-state index in [1.54, 1.807) is 12.1 Å². The number of hydrogen-bond donors (Lipinski definition) is 0. The molecule has 0 saturated heterocycles. The van der Waals surface area contributed by atoms with Gasteiger partial charge in [0.25, 0.3) is 0 Å². The largest absolute Gasteiger partial charge is 0.494 e. The highest BCUT2D eigenvalue weighted by Gasteiger charge is 2.23. The highest BCUT2D eigenvalue weighted by atomic mass is 32.2. The molecule has 3 aromatic carbocycles. The van der Waals surface area contributed by atoms with Gasteiger partial charge >= 0.3 is 0 Å². The molecule has 0 aliphatic carbocycles. The zero-order valence-corrected chi connectivity index (χ0v) is 18.6. The lowest BCUT2D eigenvalue weighted by Gasteiger charge is -2.24. The fourth-order valence-electron chi connectivity index (χ4n) is 3.44. The van der Waals surface area contributed by atoms with Crippen LogP contribution in [0.15, 0.2) is 76.5 Å². The summed E-state index contributed by atoms with van der Waals surface area (Å²) in [6, 6.07) is 19.2. The first-order chi connectivity index (χ1) is 14.9. The molecular weight excluding hydrogens is 410 g/mol. The highest BCUT2D eigenvalue weighted by Crippen LogP contribution is 2.33. The maximum atomic E-state index is 14.3.